The molecule has 0 aromatic rings. The number of nitrogens with two attached hydrogens (primary N) is 2. The Morgan fingerprint density at radius 2 is 1.65 bits per heavy atom. The van der Waals surface area contributed by atoms with Gasteiger partial charge in [0.1, 0.15) is 0 Å². The molecular weight excluding hydrogens is 218 g/mol. The van der Waals surface area contributed by atoms with Gasteiger partial charge in [0.15, 0.2) is 0 Å². The summed E-state index contributed by atoms with van der Waals surface area (Å²) in [6.07, 6.45) is 4.10. The maximum Gasteiger partial charge on any atom is 0.225 e. The first kappa shape index (κ1) is 12.4. The standard InChI is InChI=1S/C12H21N3O2/c13-10-2-1-9(7-10)12(17)15-5-3-8(4-6-15)11(14)16/h8-10H,1-7,13H2,(H2,14,16). The van der Waals surface area contributed by atoms with Gasteiger partial charge in [-0.05, 0) is 32.1 Å². The van der Waals surface area contributed by atoms with Crippen molar-refractivity contribution in [3.8, 4) is 0 Å². The number of amides is 2. The van der Waals surface area contributed by atoms with E-state index in [1.807, 2.05) is 4.90 Å². The van der Waals surface area contributed by atoms with Gasteiger partial charge in [-0.3, -0.25) is 9.59 Å². The Labute approximate surface area is 102 Å². The number of hydrogen-bond acceptors (Lipinski definition) is 3. The Morgan fingerprint density at radius 1 is 1.00 bits per heavy atom. The molecule has 1 heterocycles. The molecule has 0 spiro atoms. The number of carbonyl (C=O) groups is 2. The SMILES string of the molecule is NC(=O)C1CCN(C(=O)C2CCC(N)C2)CC1. The molecule has 96 valence electrons. The molecule has 5 nitrogen and oxygen atoms in total. The van der Waals surface area contributed by atoms with Gasteiger partial charge in [-0.1, -0.05) is 0 Å². The number of piperidine rings is 1. The lowest BCUT2D eigenvalue weighted by Crippen LogP contribution is -2.44. The van der Waals surface area contributed by atoms with E-state index in [1.165, 1.54) is 0 Å². The summed E-state index contributed by atoms with van der Waals surface area (Å²) in [5.74, 6) is 0.0425. The highest BCUT2D eigenvalue weighted by Crippen LogP contribution is 2.27. The number of rotatable bonds is 2. The van der Waals surface area contributed by atoms with Gasteiger partial charge in [-0.25, -0.2) is 0 Å². The van der Waals surface area contributed by atoms with Gasteiger partial charge in [0.2, 0.25) is 11.8 Å². The Balaban J connectivity index is 1.84. The minimum atomic E-state index is -0.236. The van der Waals surface area contributed by atoms with Crippen molar-refractivity contribution in [1.29, 1.82) is 0 Å². The van der Waals surface area contributed by atoms with E-state index in [9.17, 15) is 9.59 Å². The fraction of sp³-hybridized carbons (Fsp3) is 0.833. The monoisotopic (exact) mass is 239 g/mol. The van der Waals surface area contributed by atoms with Gasteiger partial charge in [-0.2, -0.15) is 0 Å². The summed E-state index contributed by atoms with van der Waals surface area (Å²) < 4.78 is 0. The normalized spacial score (nSPS) is 30.5. The fourth-order valence-corrected chi connectivity index (χ4v) is 2.88. The second-order valence-corrected chi connectivity index (χ2v) is 5.27. The van der Waals surface area contributed by atoms with Crippen molar-refractivity contribution in [3.05, 3.63) is 0 Å². The van der Waals surface area contributed by atoms with Crippen LogP contribution in [0.3, 0.4) is 0 Å². The van der Waals surface area contributed by atoms with Crippen LogP contribution in [0.4, 0.5) is 0 Å². The third-order valence-corrected chi connectivity index (χ3v) is 4.03. The molecular formula is C12H21N3O2. The predicted octanol–water partition coefficient (Wildman–Crippen LogP) is -0.162. The van der Waals surface area contributed by atoms with E-state index in [-0.39, 0.29) is 29.7 Å². The average Bonchev–Trinajstić information content (AvgIpc) is 2.75. The van der Waals surface area contributed by atoms with E-state index in [4.69, 9.17) is 11.5 Å². The van der Waals surface area contributed by atoms with Crippen LogP contribution in [0.1, 0.15) is 32.1 Å². The van der Waals surface area contributed by atoms with Crippen molar-refractivity contribution in [2.75, 3.05) is 13.1 Å². The lowest BCUT2D eigenvalue weighted by atomic mass is 9.95. The second-order valence-electron chi connectivity index (χ2n) is 5.27. The van der Waals surface area contributed by atoms with Crippen LogP contribution in [0.15, 0.2) is 0 Å². The van der Waals surface area contributed by atoms with Crippen LogP contribution < -0.4 is 11.5 Å². The number of carbonyl (C=O) groups excluding carboxylic acids is 2. The molecule has 17 heavy (non-hydrogen) atoms. The van der Waals surface area contributed by atoms with Gasteiger partial charge < -0.3 is 16.4 Å². The number of hydrogen-bond donors (Lipinski definition) is 2. The fourth-order valence-electron chi connectivity index (χ4n) is 2.88. The zero-order chi connectivity index (χ0) is 12.4. The summed E-state index contributed by atoms with van der Waals surface area (Å²) in [5.41, 5.74) is 11.1. The molecule has 2 amide bonds. The second kappa shape index (κ2) is 5.04. The molecule has 4 N–H and O–H groups in total. The molecule has 0 aromatic heterocycles. The highest BCUT2D eigenvalue weighted by molar-refractivity contribution is 5.80. The van der Waals surface area contributed by atoms with Crippen LogP contribution >= 0.6 is 0 Å². The van der Waals surface area contributed by atoms with E-state index in [1.54, 1.807) is 0 Å². The lowest BCUT2D eigenvalue weighted by Gasteiger charge is -2.32. The van der Waals surface area contributed by atoms with Gasteiger partial charge in [0, 0.05) is 31.0 Å². The molecule has 0 aromatic carbocycles. The Hall–Kier alpha value is -1.10. The molecule has 1 saturated heterocycles. The first-order chi connectivity index (χ1) is 8.08. The van der Waals surface area contributed by atoms with Gasteiger partial charge in [0.25, 0.3) is 0 Å². The molecule has 0 bridgehead atoms. The maximum atomic E-state index is 12.2. The van der Waals surface area contributed by atoms with E-state index in [0.29, 0.717) is 25.9 Å². The van der Waals surface area contributed by atoms with E-state index in [0.717, 1.165) is 19.3 Å². The third-order valence-electron chi connectivity index (χ3n) is 4.03. The van der Waals surface area contributed by atoms with Gasteiger partial charge in [0.05, 0.1) is 0 Å². The average molecular weight is 239 g/mol. The first-order valence-electron chi connectivity index (χ1n) is 6.41. The Kier molecular flexibility index (Phi) is 3.66. The number of primary amides is 1. The molecule has 1 aliphatic heterocycles. The highest BCUT2D eigenvalue weighted by atomic mass is 16.2. The van der Waals surface area contributed by atoms with Crippen molar-refractivity contribution in [1.82, 2.24) is 4.90 Å². The largest absolute Gasteiger partial charge is 0.369 e. The van der Waals surface area contributed by atoms with Crippen molar-refractivity contribution in [2.24, 2.45) is 23.3 Å². The topological polar surface area (TPSA) is 89.4 Å². The minimum absolute atomic E-state index is 0.0510. The Morgan fingerprint density at radius 3 is 2.12 bits per heavy atom. The quantitative estimate of drug-likeness (QED) is 0.701. The summed E-state index contributed by atoms with van der Waals surface area (Å²) in [5, 5.41) is 0. The summed E-state index contributed by atoms with van der Waals surface area (Å²) >= 11 is 0. The summed E-state index contributed by atoms with van der Waals surface area (Å²) in [4.78, 5) is 25.1. The van der Waals surface area contributed by atoms with Gasteiger partial charge in [-0.15, -0.1) is 0 Å². The van der Waals surface area contributed by atoms with Crippen molar-refractivity contribution >= 4 is 11.8 Å². The van der Waals surface area contributed by atoms with Crippen molar-refractivity contribution < 1.29 is 9.59 Å². The third kappa shape index (κ3) is 2.77. The molecule has 2 aliphatic rings. The lowest BCUT2D eigenvalue weighted by molar-refractivity contribution is -0.138. The molecule has 2 fully saturated rings. The number of likely N-dealkylation sites (tertiary alicyclic amines) is 1. The molecule has 1 aliphatic carbocycles. The van der Waals surface area contributed by atoms with Crippen LogP contribution in [-0.4, -0.2) is 35.8 Å². The summed E-state index contributed by atoms with van der Waals surface area (Å²) in [6.45, 7) is 1.33. The van der Waals surface area contributed by atoms with Crippen LogP contribution in [0.5, 0.6) is 0 Å². The molecule has 1 saturated carbocycles. The van der Waals surface area contributed by atoms with E-state index >= 15 is 0 Å². The van der Waals surface area contributed by atoms with Gasteiger partial charge >= 0.3 is 0 Å². The minimum Gasteiger partial charge on any atom is -0.369 e. The molecule has 2 atom stereocenters. The molecule has 2 rings (SSSR count). The molecule has 0 radical (unpaired) electrons. The van der Waals surface area contributed by atoms with Crippen LogP contribution in [0, 0.1) is 11.8 Å². The summed E-state index contributed by atoms with van der Waals surface area (Å²) in [6, 6.07) is 0.187. The summed E-state index contributed by atoms with van der Waals surface area (Å²) in [7, 11) is 0. The zero-order valence-corrected chi connectivity index (χ0v) is 10.1. The first-order valence-corrected chi connectivity index (χ1v) is 6.41. The highest BCUT2D eigenvalue weighted by Gasteiger charge is 2.33. The molecule has 2 unspecified atom stereocenters. The van der Waals surface area contributed by atoms with Crippen LogP contribution in [0.2, 0.25) is 0 Å². The van der Waals surface area contributed by atoms with E-state index in [2.05, 4.69) is 0 Å². The number of nitrogens with zero attached hydrogens (tertiary/aromatic N) is 1. The molecule has 5 heteroatoms. The van der Waals surface area contributed by atoms with Crippen LogP contribution in [-0.2, 0) is 9.59 Å². The van der Waals surface area contributed by atoms with E-state index < -0.39 is 0 Å². The zero-order valence-electron chi connectivity index (χ0n) is 10.1. The Bertz CT molecular complexity index is 311. The van der Waals surface area contributed by atoms with Crippen molar-refractivity contribution in [2.45, 2.75) is 38.1 Å². The van der Waals surface area contributed by atoms with Crippen LogP contribution in [0.25, 0.3) is 0 Å². The smallest absolute Gasteiger partial charge is 0.225 e. The maximum absolute atomic E-state index is 12.2. The van der Waals surface area contributed by atoms with Crippen molar-refractivity contribution in [3.63, 3.8) is 0 Å². The predicted molar refractivity (Wildman–Crippen MR) is 63.8 cm³/mol.